The van der Waals surface area contributed by atoms with E-state index >= 15 is 0 Å². The molecule has 1 atom stereocenters. The Morgan fingerprint density at radius 2 is 1.90 bits per heavy atom. The van der Waals surface area contributed by atoms with Crippen molar-refractivity contribution >= 4 is 16.8 Å². The fourth-order valence-electron chi connectivity index (χ4n) is 1.86. The zero-order chi connectivity index (χ0) is 15.2. The van der Waals surface area contributed by atoms with E-state index in [9.17, 15) is 4.21 Å². The lowest BCUT2D eigenvalue weighted by Gasteiger charge is -2.30. The molecule has 0 aromatic heterocycles. The van der Waals surface area contributed by atoms with Gasteiger partial charge in [0.1, 0.15) is 16.8 Å². The fourth-order valence-corrected chi connectivity index (χ4v) is 2.54. The Hall–Kier alpha value is -0.680. The summed E-state index contributed by atoms with van der Waals surface area (Å²) in [4.78, 5) is 2.21. The van der Waals surface area contributed by atoms with E-state index in [1.807, 2.05) is 27.7 Å². The smallest absolute Gasteiger partial charge is 0.146 e. The van der Waals surface area contributed by atoms with Crippen molar-refractivity contribution < 1.29 is 8.95 Å². The average molecular weight is 300 g/mol. The van der Waals surface area contributed by atoms with Gasteiger partial charge in [0, 0.05) is 19.5 Å². The minimum Gasteiger partial charge on any atom is -0.378 e. The van der Waals surface area contributed by atoms with Gasteiger partial charge in [-0.25, -0.2) is 4.21 Å². The van der Waals surface area contributed by atoms with E-state index in [0.29, 0.717) is 0 Å². The number of ether oxygens (including phenoxy) is 1. The zero-order valence-corrected chi connectivity index (χ0v) is 14.1. The van der Waals surface area contributed by atoms with Gasteiger partial charge in [-0.2, -0.15) is 4.40 Å². The number of nitrogens with zero attached hydrogens (tertiary/aromatic N) is 2. The summed E-state index contributed by atoms with van der Waals surface area (Å²) in [5.41, 5.74) is 1.18. The molecular formula is C15H28N2O2S. The Balaban J connectivity index is 2.74. The lowest BCUT2D eigenvalue weighted by atomic mass is 10.1. The SMILES string of the molecule is C=C(C)CCC/C(=N\[S@](=O)C(C)(C)C)N1CCOCC1. The minimum absolute atomic E-state index is 0.314. The Kier molecular flexibility index (Phi) is 6.89. The molecule has 1 fully saturated rings. The Labute approximate surface area is 125 Å². The highest BCUT2D eigenvalue weighted by atomic mass is 32.2. The van der Waals surface area contributed by atoms with E-state index in [2.05, 4.69) is 15.9 Å². The van der Waals surface area contributed by atoms with Crippen LogP contribution in [0.4, 0.5) is 0 Å². The van der Waals surface area contributed by atoms with Crippen LogP contribution >= 0.6 is 0 Å². The van der Waals surface area contributed by atoms with Crippen LogP contribution < -0.4 is 0 Å². The van der Waals surface area contributed by atoms with Crippen LogP contribution in [0.25, 0.3) is 0 Å². The fraction of sp³-hybridized carbons (Fsp3) is 0.800. The second kappa shape index (κ2) is 7.93. The highest BCUT2D eigenvalue weighted by molar-refractivity contribution is 7.85. The van der Waals surface area contributed by atoms with E-state index < -0.39 is 11.0 Å². The van der Waals surface area contributed by atoms with Crippen LogP contribution in [-0.2, 0) is 15.7 Å². The molecule has 0 unspecified atom stereocenters. The Morgan fingerprint density at radius 1 is 1.30 bits per heavy atom. The molecule has 0 aliphatic carbocycles. The molecular weight excluding hydrogens is 272 g/mol. The summed E-state index contributed by atoms with van der Waals surface area (Å²) in [6.07, 6.45) is 2.85. The molecule has 1 rings (SSSR count). The van der Waals surface area contributed by atoms with E-state index in [-0.39, 0.29) is 4.75 Å². The normalized spacial score (nSPS) is 19.0. The van der Waals surface area contributed by atoms with E-state index in [1.54, 1.807) is 0 Å². The number of hydrogen-bond acceptors (Lipinski definition) is 2. The Morgan fingerprint density at radius 3 is 2.40 bits per heavy atom. The number of amidine groups is 1. The van der Waals surface area contributed by atoms with Crippen molar-refractivity contribution in [2.24, 2.45) is 4.40 Å². The molecule has 116 valence electrons. The van der Waals surface area contributed by atoms with Gasteiger partial charge < -0.3 is 9.64 Å². The van der Waals surface area contributed by atoms with E-state index in [0.717, 1.165) is 51.4 Å². The molecule has 0 N–H and O–H groups in total. The molecule has 0 amide bonds. The minimum atomic E-state index is -1.20. The quantitative estimate of drug-likeness (QED) is 0.445. The molecule has 1 heterocycles. The van der Waals surface area contributed by atoms with Crippen molar-refractivity contribution in [3.8, 4) is 0 Å². The first-order valence-electron chi connectivity index (χ1n) is 7.27. The molecule has 5 heteroatoms. The van der Waals surface area contributed by atoms with Crippen molar-refractivity contribution in [2.45, 2.75) is 51.7 Å². The molecule has 1 aliphatic rings. The molecule has 1 aliphatic heterocycles. The van der Waals surface area contributed by atoms with Crippen molar-refractivity contribution in [1.29, 1.82) is 0 Å². The summed E-state index contributed by atoms with van der Waals surface area (Å²) < 4.78 is 21.8. The van der Waals surface area contributed by atoms with Gasteiger partial charge in [-0.3, -0.25) is 0 Å². The first-order valence-corrected chi connectivity index (χ1v) is 8.38. The predicted octanol–water partition coefficient (Wildman–Crippen LogP) is 2.93. The summed E-state index contributed by atoms with van der Waals surface area (Å²) in [6, 6.07) is 0. The maximum atomic E-state index is 12.3. The third-order valence-corrected chi connectivity index (χ3v) is 4.52. The lowest BCUT2D eigenvalue weighted by Crippen LogP contribution is -2.41. The van der Waals surface area contributed by atoms with Gasteiger partial charge in [-0.05, 0) is 40.5 Å². The van der Waals surface area contributed by atoms with E-state index in [1.165, 1.54) is 5.57 Å². The Bertz CT molecular complexity index is 380. The van der Waals surface area contributed by atoms with Crippen molar-refractivity contribution in [1.82, 2.24) is 4.90 Å². The standard InChI is InChI=1S/C15H28N2O2S/c1-13(2)7-6-8-14(16-20(18)15(3,4)5)17-9-11-19-12-10-17/h1,6-12H2,2-5H3/b16-14+/t20-/m1/s1. The average Bonchev–Trinajstić information content (AvgIpc) is 2.37. The maximum Gasteiger partial charge on any atom is 0.146 e. The van der Waals surface area contributed by atoms with Crippen LogP contribution in [-0.4, -0.2) is 46.0 Å². The first kappa shape index (κ1) is 17.4. The van der Waals surface area contributed by atoms with Gasteiger partial charge >= 0.3 is 0 Å². The summed E-state index contributed by atoms with van der Waals surface area (Å²) in [5.74, 6) is 0.961. The molecule has 20 heavy (non-hydrogen) atoms. The zero-order valence-electron chi connectivity index (χ0n) is 13.3. The topological polar surface area (TPSA) is 41.9 Å². The highest BCUT2D eigenvalue weighted by Crippen LogP contribution is 2.16. The number of hydrogen-bond donors (Lipinski definition) is 0. The summed E-state index contributed by atoms with van der Waals surface area (Å²) >= 11 is 0. The lowest BCUT2D eigenvalue weighted by molar-refractivity contribution is 0.0672. The van der Waals surface area contributed by atoms with Gasteiger partial charge in [0.05, 0.1) is 18.0 Å². The van der Waals surface area contributed by atoms with Crippen LogP contribution in [0.5, 0.6) is 0 Å². The predicted molar refractivity (Wildman–Crippen MR) is 86.4 cm³/mol. The summed E-state index contributed by atoms with van der Waals surface area (Å²) in [5, 5.41) is 0. The molecule has 4 nitrogen and oxygen atoms in total. The number of morpholine rings is 1. The van der Waals surface area contributed by atoms with Crippen LogP contribution in [0, 0.1) is 0 Å². The third kappa shape index (κ3) is 6.18. The molecule has 0 bridgehead atoms. The second-order valence-corrected chi connectivity index (χ2v) is 8.18. The monoisotopic (exact) mass is 300 g/mol. The summed E-state index contributed by atoms with van der Waals surface area (Å²) in [6.45, 7) is 15.0. The molecule has 0 radical (unpaired) electrons. The molecule has 0 saturated carbocycles. The van der Waals surface area contributed by atoms with Crippen molar-refractivity contribution in [2.75, 3.05) is 26.3 Å². The van der Waals surface area contributed by atoms with Gasteiger partial charge in [0.25, 0.3) is 0 Å². The van der Waals surface area contributed by atoms with Crippen LogP contribution in [0.1, 0.15) is 47.0 Å². The number of allylic oxidation sites excluding steroid dienone is 1. The van der Waals surface area contributed by atoms with E-state index in [4.69, 9.17) is 4.74 Å². The molecule has 0 aromatic carbocycles. The maximum absolute atomic E-state index is 12.3. The van der Waals surface area contributed by atoms with Gasteiger partial charge in [-0.15, -0.1) is 6.58 Å². The first-order chi connectivity index (χ1) is 9.30. The second-order valence-electron chi connectivity index (χ2n) is 6.28. The van der Waals surface area contributed by atoms with Crippen LogP contribution in [0.3, 0.4) is 0 Å². The van der Waals surface area contributed by atoms with Gasteiger partial charge in [-0.1, -0.05) is 5.57 Å². The van der Waals surface area contributed by atoms with Crippen LogP contribution in [0.15, 0.2) is 16.5 Å². The largest absolute Gasteiger partial charge is 0.378 e. The highest BCUT2D eigenvalue weighted by Gasteiger charge is 2.22. The van der Waals surface area contributed by atoms with Gasteiger partial charge in [0.15, 0.2) is 0 Å². The van der Waals surface area contributed by atoms with Crippen LogP contribution in [0.2, 0.25) is 0 Å². The van der Waals surface area contributed by atoms with Gasteiger partial charge in [0.2, 0.25) is 0 Å². The van der Waals surface area contributed by atoms with Crippen molar-refractivity contribution in [3.63, 3.8) is 0 Å². The number of rotatable bonds is 5. The summed E-state index contributed by atoms with van der Waals surface area (Å²) in [7, 11) is -1.20. The molecule has 0 aromatic rings. The molecule has 1 saturated heterocycles. The van der Waals surface area contributed by atoms with Crippen molar-refractivity contribution in [3.05, 3.63) is 12.2 Å². The molecule has 0 spiro atoms. The third-order valence-electron chi connectivity index (χ3n) is 3.09.